The van der Waals surface area contributed by atoms with Crippen molar-refractivity contribution in [2.45, 2.75) is 19.4 Å². The van der Waals surface area contributed by atoms with Crippen LogP contribution in [0.5, 0.6) is 0 Å². The van der Waals surface area contributed by atoms with Crippen molar-refractivity contribution < 1.29 is 19.4 Å². The van der Waals surface area contributed by atoms with Gasteiger partial charge in [0.1, 0.15) is 0 Å². The molecule has 1 heterocycles. The maximum atomic E-state index is 12.1. The van der Waals surface area contributed by atoms with Crippen LogP contribution in [0.25, 0.3) is 0 Å². The first-order valence-corrected chi connectivity index (χ1v) is 8.57. The van der Waals surface area contributed by atoms with Crippen molar-refractivity contribution in [1.82, 2.24) is 4.90 Å². The zero-order chi connectivity index (χ0) is 16.7. The summed E-state index contributed by atoms with van der Waals surface area (Å²) < 4.78 is 11.3. The summed E-state index contributed by atoms with van der Waals surface area (Å²) >= 11 is 3.41. The number of nitrogens with zero attached hydrogens (tertiary/aromatic N) is 1. The Morgan fingerprint density at radius 1 is 1.35 bits per heavy atom. The fraction of sp³-hybridized carbons (Fsp3) is 0.562. The zero-order valence-electron chi connectivity index (χ0n) is 13.1. The molecule has 0 bridgehead atoms. The van der Waals surface area contributed by atoms with Crippen molar-refractivity contribution in [3.05, 3.63) is 27.7 Å². The van der Waals surface area contributed by atoms with E-state index in [0.29, 0.717) is 54.9 Å². The maximum Gasteiger partial charge on any atom is 0.338 e. The van der Waals surface area contributed by atoms with Gasteiger partial charge in [-0.25, -0.2) is 4.79 Å². The van der Waals surface area contributed by atoms with Crippen LogP contribution in [0, 0.1) is 0 Å². The molecular formula is C16H23BrN2O4. The summed E-state index contributed by atoms with van der Waals surface area (Å²) in [5, 5.41) is 8.73. The number of nitrogen functional groups attached to an aromatic ring is 1. The summed E-state index contributed by atoms with van der Waals surface area (Å²) in [4.78, 5) is 14.4. The Bertz CT molecular complexity index is 533. The Kier molecular flexibility index (Phi) is 7.29. The normalized spacial score (nSPS) is 15.6. The van der Waals surface area contributed by atoms with Crippen LogP contribution in [0.4, 0.5) is 5.69 Å². The molecule has 1 aromatic rings. The molecule has 3 N–H and O–H groups in total. The van der Waals surface area contributed by atoms with Crippen LogP contribution in [-0.2, 0) is 16.0 Å². The van der Waals surface area contributed by atoms with Crippen molar-refractivity contribution in [3.63, 3.8) is 0 Å². The number of carbonyl (C=O) groups excluding carboxylic acids is 1. The van der Waals surface area contributed by atoms with Gasteiger partial charge in [-0.05, 0) is 46.5 Å². The molecule has 0 atom stereocenters. The molecule has 1 aliphatic heterocycles. The topological polar surface area (TPSA) is 85.0 Å². The number of carbonyl (C=O) groups is 1. The Morgan fingerprint density at radius 3 is 2.78 bits per heavy atom. The molecule has 0 aliphatic carbocycles. The lowest BCUT2D eigenvalue weighted by molar-refractivity contribution is 0.0342. The van der Waals surface area contributed by atoms with Crippen LogP contribution in [-0.4, -0.2) is 55.5 Å². The molecule has 1 saturated heterocycles. The molecule has 128 valence electrons. The van der Waals surface area contributed by atoms with E-state index >= 15 is 0 Å². The minimum absolute atomic E-state index is 0.106. The van der Waals surface area contributed by atoms with Gasteiger partial charge in [0.25, 0.3) is 0 Å². The van der Waals surface area contributed by atoms with Gasteiger partial charge in [-0.3, -0.25) is 4.90 Å². The van der Waals surface area contributed by atoms with E-state index in [2.05, 4.69) is 20.8 Å². The number of hydrogen-bond donors (Lipinski definition) is 2. The van der Waals surface area contributed by atoms with Gasteiger partial charge in [0.05, 0.1) is 31.1 Å². The minimum atomic E-state index is -0.369. The standard InChI is InChI=1S/C16H23BrN2O4/c17-14-10-12(16(21)23-6-2-1-5-20)9-13(15(14)18)11-19-3-7-22-8-4-19/h9-10,20H,1-8,11,18H2. The first-order chi connectivity index (χ1) is 11.1. The molecule has 0 unspecified atom stereocenters. The largest absolute Gasteiger partial charge is 0.462 e. The van der Waals surface area contributed by atoms with E-state index in [9.17, 15) is 4.79 Å². The molecular weight excluding hydrogens is 364 g/mol. The first kappa shape index (κ1) is 18.2. The molecule has 23 heavy (non-hydrogen) atoms. The highest BCUT2D eigenvalue weighted by molar-refractivity contribution is 9.10. The van der Waals surface area contributed by atoms with Crippen LogP contribution in [0.2, 0.25) is 0 Å². The maximum absolute atomic E-state index is 12.1. The molecule has 7 heteroatoms. The summed E-state index contributed by atoms with van der Waals surface area (Å²) in [5.74, 6) is -0.369. The summed E-state index contributed by atoms with van der Waals surface area (Å²) in [6.45, 7) is 4.23. The molecule has 0 spiro atoms. The fourth-order valence-corrected chi connectivity index (χ4v) is 2.89. The van der Waals surface area contributed by atoms with Gasteiger partial charge in [-0.15, -0.1) is 0 Å². The molecule has 1 aromatic carbocycles. The SMILES string of the molecule is Nc1c(Br)cc(C(=O)OCCCCO)cc1CN1CCOCC1. The highest BCUT2D eigenvalue weighted by Crippen LogP contribution is 2.27. The number of halogens is 1. The van der Waals surface area contributed by atoms with E-state index in [1.807, 2.05) is 0 Å². The van der Waals surface area contributed by atoms with Crippen molar-refractivity contribution in [3.8, 4) is 0 Å². The van der Waals surface area contributed by atoms with Gasteiger partial charge in [-0.2, -0.15) is 0 Å². The van der Waals surface area contributed by atoms with E-state index in [0.717, 1.165) is 18.7 Å². The van der Waals surface area contributed by atoms with Crippen molar-refractivity contribution in [1.29, 1.82) is 0 Å². The number of ether oxygens (including phenoxy) is 2. The number of anilines is 1. The zero-order valence-corrected chi connectivity index (χ0v) is 14.7. The number of aliphatic hydroxyl groups excluding tert-OH is 1. The Labute approximate surface area is 144 Å². The van der Waals surface area contributed by atoms with Crippen LogP contribution in [0.15, 0.2) is 16.6 Å². The number of aliphatic hydroxyl groups is 1. The van der Waals surface area contributed by atoms with E-state index in [4.69, 9.17) is 20.3 Å². The predicted octanol–water partition coefficient (Wildman–Crippen LogP) is 1.79. The van der Waals surface area contributed by atoms with E-state index in [1.165, 1.54) is 0 Å². The second kappa shape index (κ2) is 9.22. The molecule has 0 aromatic heterocycles. The number of benzene rings is 1. The van der Waals surface area contributed by atoms with Gasteiger partial charge in [0.15, 0.2) is 0 Å². The molecule has 0 radical (unpaired) electrons. The summed E-state index contributed by atoms with van der Waals surface area (Å²) in [7, 11) is 0. The second-order valence-electron chi connectivity index (χ2n) is 5.49. The van der Waals surface area contributed by atoms with Gasteiger partial charge in [-0.1, -0.05) is 0 Å². The lowest BCUT2D eigenvalue weighted by Crippen LogP contribution is -2.35. The number of unbranched alkanes of at least 4 members (excludes halogenated alkanes) is 1. The van der Waals surface area contributed by atoms with E-state index < -0.39 is 0 Å². The summed E-state index contributed by atoms with van der Waals surface area (Å²) in [6, 6.07) is 3.48. The molecule has 2 rings (SSSR count). The second-order valence-corrected chi connectivity index (χ2v) is 6.34. The average Bonchev–Trinajstić information content (AvgIpc) is 2.56. The summed E-state index contributed by atoms with van der Waals surface area (Å²) in [5.41, 5.74) is 8.16. The Balaban J connectivity index is 2.04. The molecule has 6 nitrogen and oxygen atoms in total. The van der Waals surface area contributed by atoms with E-state index in [1.54, 1.807) is 12.1 Å². The van der Waals surface area contributed by atoms with Crippen LogP contribution in [0.3, 0.4) is 0 Å². The highest BCUT2D eigenvalue weighted by Gasteiger charge is 2.17. The Hall–Kier alpha value is -1.15. The van der Waals surface area contributed by atoms with Crippen LogP contribution >= 0.6 is 15.9 Å². The molecule has 0 amide bonds. The lowest BCUT2D eigenvalue weighted by atomic mass is 10.1. The fourth-order valence-electron chi connectivity index (χ4n) is 2.39. The Morgan fingerprint density at radius 2 is 2.09 bits per heavy atom. The van der Waals surface area contributed by atoms with Gasteiger partial charge in [0, 0.05) is 30.7 Å². The van der Waals surface area contributed by atoms with Crippen LogP contribution in [0.1, 0.15) is 28.8 Å². The van der Waals surface area contributed by atoms with Gasteiger partial charge < -0.3 is 20.3 Å². The van der Waals surface area contributed by atoms with Crippen molar-refractivity contribution >= 4 is 27.6 Å². The summed E-state index contributed by atoms with van der Waals surface area (Å²) in [6.07, 6.45) is 1.28. The third kappa shape index (κ3) is 5.46. The third-order valence-corrected chi connectivity index (χ3v) is 4.39. The van der Waals surface area contributed by atoms with Crippen molar-refractivity contribution in [2.24, 2.45) is 0 Å². The predicted molar refractivity (Wildman–Crippen MR) is 91.3 cm³/mol. The number of hydrogen-bond acceptors (Lipinski definition) is 6. The minimum Gasteiger partial charge on any atom is -0.462 e. The van der Waals surface area contributed by atoms with E-state index in [-0.39, 0.29) is 12.6 Å². The number of rotatable bonds is 7. The average molecular weight is 387 g/mol. The number of nitrogens with two attached hydrogens (primary N) is 1. The quantitative estimate of drug-likeness (QED) is 0.422. The van der Waals surface area contributed by atoms with Gasteiger partial charge >= 0.3 is 5.97 Å². The first-order valence-electron chi connectivity index (χ1n) is 7.78. The molecule has 1 aliphatic rings. The van der Waals surface area contributed by atoms with Crippen LogP contribution < -0.4 is 5.73 Å². The molecule has 1 fully saturated rings. The number of esters is 1. The molecule has 0 saturated carbocycles. The highest BCUT2D eigenvalue weighted by atomic mass is 79.9. The smallest absolute Gasteiger partial charge is 0.338 e. The van der Waals surface area contributed by atoms with Gasteiger partial charge in [0.2, 0.25) is 0 Å². The lowest BCUT2D eigenvalue weighted by Gasteiger charge is -2.27. The number of morpholine rings is 1. The van der Waals surface area contributed by atoms with Crippen molar-refractivity contribution in [2.75, 3.05) is 45.3 Å². The third-order valence-electron chi connectivity index (χ3n) is 3.73. The monoisotopic (exact) mass is 386 g/mol.